The number of carbonyl (C=O) groups is 1. The van der Waals surface area contributed by atoms with Crippen molar-refractivity contribution in [2.24, 2.45) is 7.05 Å². The van der Waals surface area contributed by atoms with Crippen molar-refractivity contribution in [3.05, 3.63) is 11.8 Å². The highest BCUT2D eigenvalue weighted by Gasteiger charge is 2.30. The van der Waals surface area contributed by atoms with Gasteiger partial charge >= 0.3 is 6.03 Å². The number of amides is 2. The summed E-state index contributed by atoms with van der Waals surface area (Å²) in [7, 11) is 1.88. The number of anilines is 1. The third-order valence-electron chi connectivity index (χ3n) is 4.56. The lowest BCUT2D eigenvalue weighted by molar-refractivity contribution is 0.0296. The monoisotopic (exact) mass is 307 g/mol. The molecule has 0 saturated carbocycles. The highest BCUT2D eigenvalue weighted by Crippen LogP contribution is 2.20. The Bertz CT molecular complexity index is 505. The van der Waals surface area contributed by atoms with E-state index in [1.54, 1.807) is 4.68 Å². The van der Waals surface area contributed by atoms with Gasteiger partial charge in [0.15, 0.2) is 5.82 Å². The van der Waals surface area contributed by atoms with E-state index >= 15 is 0 Å². The first-order chi connectivity index (χ1) is 10.6. The van der Waals surface area contributed by atoms with Crippen molar-refractivity contribution in [2.75, 3.05) is 44.7 Å². The molecule has 0 spiro atoms. The van der Waals surface area contributed by atoms with E-state index in [1.165, 1.54) is 0 Å². The summed E-state index contributed by atoms with van der Waals surface area (Å²) < 4.78 is 7.15. The van der Waals surface area contributed by atoms with E-state index in [-0.39, 0.29) is 6.03 Å². The molecule has 7 nitrogen and oxygen atoms in total. The number of morpholine rings is 1. The fourth-order valence-electron chi connectivity index (χ4n) is 3.18. The SMILES string of the molecule is Cc1cc(NC(=O)N2CCC[C@@H]2CN2CCOCC2)nn1C. The van der Waals surface area contributed by atoms with Crippen LogP contribution in [0.4, 0.5) is 10.6 Å². The summed E-state index contributed by atoms with van der Waals surface area (Å²) in [6.07, 6.45) is 2.15. The van der Waals surface area contributed by atoms with Gasteiger partial charge in [0.25, 0.3) is 0 Å². The van der Waals surface area contributed by atoms with Gasteiger partial charge in [-0.05, 0) is 19.8 Å². The Morgan fingerprint density at radius 1 is 1.41 bits per heavy atom. The number of urea groups is 1. The number of rotatable bonds is 3. The topological polar surface area (TPSA) is 62.6 Å². The minimum absolute atomic E-state index is 0.0335. The van der Waals surface area contributed by atoms with Crippen LogP contribution in [0.5, 0.6) is 0 Å². The molecule has 2 amide bonds. The average molecular weight is 307 g/mol. The van der Waals surface area contributed by atoms with Crippen LogP contribution >= 0.6 is 0 Å². The van der Waals surface area contributed by atoms with Gasteiger partial charge < -0.3 is 9.64 Å². The Kier molecular flexibility index (Phi) is 4.63. The molecule has 0 bridgehead atoms. The molecule has 1 N–H and O–H groups in total. The number of hydrogen-bond donors (Lipinski definition) is 1. The van der Waals surface area contributed by atoms with Crippen LogP contribution in [0, 0.1) is 6.92 Å². The molecule has 0 unspecified atom stereocenters. The van der Waals surface area contributed by atoms with Crippen molar-refractivity contribution >= 4 is 11.8 Å². The van der Waals surface area contributed by atoms with E-state index in [9.17, 15) is 4.79 Å². The molecule has 2 aliphatic rings. The maximum atomic E-state index is 12.5. The first kappa shape index (κ1) is 15.3. The molecule has 0 radical (unpaired) electrons. The van der Waals surface area contributed by atoms with E-state index in [0.29, 0.717) is 11.9 Å². The molecular weight excluding hydrogens is 282 g/mol. The van der Waals surface area contributed by atoms with E-state index in [2.05, 4.69) is 15.3 Å². The van der Waals surface area contributed by atoms with Crippen LogP contribution in [0.25, 0.3) is 0 Å². The molecule has 3 rings (SSSR count). The molecule has 3 heterocycles. The van der Waals surface area contributed by atoms with Gasteiger partial charge in [0.1, 0.15) is 0 Å². The Hall–Kier alpha value is -1.60. The third-order valence-corrected chi connectivity index (χ3v) is 4.56. The van der Waals surface area contributed by atoms with Crippen molar-refractivity contribution in [2.45, 2.75) is 25.8 Å². The van der Waals surface area contributed by atoms with Gasteiger partial charge in [-0.2, -0.15) is 5.10 Å². The smallest absolute Gasteiger partial charge is 0.323 e. The summed E-state index contributed by atoms with van der Waals surface area (Å²) >= 11 is 0. The van der Waals surface area contributed by atoms with Crippen LogP contribution in [0.2, 0.25) is 0 Å². The van der Waals surface area contributed by atoms with Gasteiger partial charge in [-0.15, -0.1) is 0 Å². The number of carbonyl (C=O) groups excluding carboxylic acids is 1. The van der Waals surface area contributed by atoms with E-state index in [1.807, 2.05) is 24.9 Å². The Labute approximate surface area is 131 Å². The second-order valence-electron chi connectivity index (χ2n) is 6.13. The van der Waals surface area contributed by atoms with Crippen molar-refractivity contribution < 1.29 is 9.53 Å². The number of nitrogens with zero attached hydrogens (tertiary/aromatic N) is 4. The van der Waals surface area contributed by atoms with Gasteiger partial charge in [-0.1, -0.05) is 0 Å². The van der Waals surface area contributed by atoms with Crippen LogP contribution in [0.1, 0.15) is 18.5 Å². The van der Waals surface area contributed by atoms with Crippen molar-refractivity contribution in [3.8, 4) is 0 Å². The molecule has 22 heavy (non-hydrogen) atoms. The highest BCUT2D eigenvalue weighted by atomic mass is 16.5. The second kappa shape index (κ2) is 6.66. The Balaban J connectivity index is 1.58. The number of aromatic nitrogens is 2. The van der Waals surface area contributed by atoms with E-state index in [4.69, 9.17) is 4.74 Å². The van der Waals surface area contributed by atoms with Crippen LogP contribution in [0.15, 0.2) is 6.07 Å². The third kappa shape index (κ3) is 3.41. The van der Waals surface area contributed by atoms with Gasteiger partial charge in [0, 0.05) is 51.0 Å². The van der Waals surface area contributed by atoms with Crippen molar-refractivity contribution in [3.63, 3.8) is 0 Å². The highest BCUT2D eigenvalue weighted by molar-refractivity contribution is 5.88. The summed E-state index contributed by atoms with van der Waals surface area (Å²) in [4.78, 5) is 16.9. The molecular formula is C15H25N5O2. The van der Waals surface area contributed by atoms with Crippen LogP contribution < -0.4 is 5.32 Å². The Morgan fingerprint density at radius 2 is 2.18 bits per heavy atom. The molecule has 0 aromatic carbocycles. The number of aryl methyl sites for hydroxylation is 2. The summed E-state index contributed by atoms with van der Waals surface area (Å²) in [5, 5.41) is 7.22. The molecule has 0 aliphatic carbocycles. The van der Waals surface area contributed by atoms with Crippen LogP contribution in [0.3, 0.4) is 0 Å². The van der Waals surface area contributed by atoms with Crippen LogP contribution in [-0.2, 0) is 11.8 Å². The summed E-state index contributed by atoms with van der Waals surface area (Å²) in [6.45, 7) is 7.26. The quantitative estimate of drug-likeness (QED) is 0.907. The second-order valence-corrected chi connectivity index (χ2v) is 6.13. The molecule has 7 heteroatoms. The van der Waals surface area contributed by atoms with Crippen molar-refractivity contribution in [1.29, 1.82) is 0 Å². The van der Waals surface area contributed by atoms with E-state index < -0.39 is 0 Å². The maximum absolute atomic E-state index is 12.5. The van der Waals surface area contributed by atoms with Crippen LogP contribution in [-0.4, -0.2) is 71.0 Å². The lowest BCUT2D eigenvalue weighted by Crippen LogP contribution is -2.47. The minimum Gasteiger partial charge on any atom is -0.379 e. The fourth-order valence-corrected chi connectivity index (χ4v) is 3.18. The number of nitrogens with one attached hydrogen (secondary N) is 1. The first-order valence-corrected chi connectivity index (χ1v) is 8.02. The summed E-state index contributed by atoms with van der Waals surface area (Å²) in [5.41, 5.74) is 1.03. The average Bonchev–Trinajstić information content (AvgIpc) is 3.07. The van der Waals surface area contributed by atoms with Crippen molar-refractivity contribution in [1.82, 2.24) is 19.6 Å². The van der Waals surface area contributed by atoms with Gasteiger partial charge in [-0.25, -0.2) is 4.79 Å². The molecule has 2 fully saturated rings. The number of ether oxygens (including phenoxy) is 1. The molecule has 122 valence electrons. The predicted octanol–water partition coefficient (Wildman–Crippen LogP) is 1.06. The standard InChI is InChI=1S/C15H25N5O2/c1-12-10-14(17-18(12)2)16-15(21)20-5-3-4-13(20)11-19-6-8-22-9-7-19/h10,13H,3-9,11H2,1-2H3,(H,16,17,21)/t13-/m1/s1. The fraction of sp³-hybridized carbons (Fsp3) is 0.733. The van der Waals surface area contributed by atoms with Gasteiger partial charge in [-0.3, -0.25) is 14.9 Å². The Morgan fingerprint density at radius 3 is 2.86 bits per heavy atom. The molecule has 1 atom stereocenters. The maximum Gasteiger partial charge on any atom is 0.323 e. The van der Waals surface area contributed by atoms with Gasteiger partial charge in [0.2, 0.25) is 0 Å². The number of likely N-dealkylation sites (tertiary alicyclic amines) is 1. The zero-order valence-corrected chi connectivity index (χ0v) is 13.4. The molecule has 2 aliphatic heterocycles. The number of hydrogen-bond acceptors (Lipinski definition) is 4. The van der Waals surface area contributed by atoms with E-state index in [0.717, 1.165) is 57.9 Å². The predicted molar refractivity (Wildman–Crippen MR) is 84.0 cm³/mol. The normalized spacial score (nSPS) is 23.0. The summed E-state index contributed by atoms with van der Waals surface area (Å²) in [6, 6.07) is 2.15. The zero-order chi connectivity index (χ0) is 15.5. The molecule has 1 aromatic rings. The molecule has 1 aromatic heterocycles. The lowest BCUT2D eigenvalue weighted by atomic mass is 10.2. The summed E-state index contributed by atoms with van der Waals surface area (Å²) in [5.74, 6) is 0.627. The zero-order valence-electron chi connectivity index (χ0n) is 13.4. The minimum atomic E-state index is -0.0335. The van der Waals surface area contributed by atoms with Gasteiger partial charge in [0.05, 0.1) is 13.2 Å². The first-order valence-electron chi connectivity index (χ1n) is 8.02. The lowest BCUT2D eigenvalue weighted by Gasteiger charge is -2.32. The molecule has 2 saturated heterocycles. The largest absolute Gasteiger partial charge is 0.379 e.